The van der Waals surface area contributed by atoms with Gasteiger partial charge in [-0.15, -0.1) is 0 Å². The molecule has 1 N–H and O–H groups in total. The summed E-state index contributed by atoms with van der Waals surface area (Å²) in [5.74, 6) is 0.598. The van der Waals surface area contributed by atoms with Crippen LogP contribution in [-0.2, 0) is 9.47 Å². The van der Waals surface area contributed by atoms with Crippen LogP contribution in [0.15, 0.2) is 0 Å². The van der Waals surface area contributed by atoms with Crippen molar-refractivity contribution in [2.75, 3.05) is 26.2 Å². The van der Waals surface area contributed by atoms with Crippen molar-refractivity contribution in [1.29, 1.82) is 0 Å². The van der Waals surface area contributed by atoms with Gasteiger partial charge in [0.1, 0.15) is 12.6 Å². The van der Waals surface area contributed by atoms with Gasteiger partial charge in [0, 0.05) is 5.92 Å². The predicted molar refractivity (Wildman–Crippen MR) is 77.3 cm³/mol. The van der Waals surface area contributed by atoms with Crippen LogP contribution < -0.4 is 4.90 Å². The van der Waals surface area contributed by atoms with Gasteiger partial charge in [-0.25, -0.2) is 0 Å². The molecule has 0 aromatic heterocycles. The first-order valence-electron chi connectivity index (χ1n) is 8.44. The Balaban J connectivity index is 1.71. The highest BCUT2D eigenvalue weighted by Crippen LogP contribution is 2.25. The Kier molecular flexibility index (Phi) is 6.62. The molecule has 0 spiro atoms. The van der Waals surface area contributed by atoms with Crippen LogP contribution >= 0.6 is 0 Å². The minimum atomic E-state index is 0.0748. The third-order valence-corrected chi connectivity index (χ3v) is 4.69. The van der Waals surface area contributed by atoms with E-state index in [4.69, 9.17) is 9.47 Å². The summed E-state index contributed by atoms with van der Waals surface area (Å²) in [6.07, 6.45) is 9.60. The fraction of sp³-hybridized carbons (Fsp3) is 1.00. The quantitative estimate of drug-likeness (QED) is 0.765. The van der Waals surface area contributed by atoms with Crippen molar-refractivity contribution in [2.24, 2.45) is 5.92 Å². The van der Waals surface area contributed by atoms with Crippen LogP contribution in [0.5, 0.6) is 0 Å². The zero-order chi connectivity index (χ0) is 13.5. The van der Waals surface area contributed by atoms with Crippen LogP contribution in [-0.4, -0.2) is 38.6 Å². The van der Waals surface area contributed by atoms with Gasteiger partial charge in [-0.05, 0) is 32.1 Å². The van der Waals surface area contributed by atoms with Gasteiger partial charge >= 0.3 is 0 Å². The number of nitrogens with one attached hydrogen (secondary N) is 1. The predicted octanol–water partition coefficient (Wildman–Crippen LogP) is 2.01. The van der Waals surface area contributed by atoms with E-state index in [2.05, 4.69) is 13.8 Å². The van der Waals surface area contributed by atoms with Gasteiger partial charge in [-0.3, -0.25) is 0 Å². The molecule has 0 unspecified atom stereocenters. The van der Waals surface area contributed by atoms with E-state index < -0.39 is 0 Å². The molecule has 112 valence electrons. The summed E-state index contributed by atoms with van der Waals surface area (Å²) < 4.78 is 12.1. The molecule has 0 aromatic carbocycles. The van der Waals surface area contributed by atoms with Gasteiger partial charge in [0.15, 0.2) is 6.29 Å². The highest BCUT2D eigenvalue weighted by molar-refractivity contribution is 4.71. The van der Waals surface area contributed by atoms with Crippen LogP contribution in [0.3, 0.4) is 0 Å². The molecular weight excluding hydrogens is 238 g/mol. The monoisotopic (exact) mass is 270 g/mol. The first-order chi connectivity index (χ1) is 9.33. The smallest absolute Gasteiger partial charge is 0.161 e. The fourth-order valence-corrected chi connectivity index (χ4v) is 3.40. The van der Waals surface area contributed by atoms with Crippen LogP contribution in [0.2, 0.25) is 0 Å². The summed E-state index contributed by atoms with van der Waals surface area (Å²) in [5.41, 5.74) is 0. The average Bonchev–Trinajstić information content (AvgIpc) is 2.89. The average molecular weight is 270 g/mol. The molecule has 2 aliphatic heterocycles. The van der Waals surface area contributed by atoms with E-state index in [-0.39, 0.29) is 6.29 Å². The molecule has 0 radical (unpaired) electrons. The maximum Gasteiger partial charge on any atom is 0.161 e. The Morgan fingerprint density at radius 3 is 2.63 bits per heavy atom. The number of rotatable bonds is 7. The Hall–Kier alpha value is -0.120. The summed E-state index contributed by atoms with van der Waals surface area (Å²) in [5, 5.41) is 0. The van der Waals surface area contributed by atoms with Crippen molar-refractivity contribution in [3.63, 3.8) is 0 Å². The molecule has 2 fully saturated rings. The molecule has 3 nitrogen and oxygen atoms in total. The van der Waals surface area contributed by atoms with Gasteiger partial charge in [0.2, 0.25) is 0 Å². The summed E-state index contributed by atoms with van der Waals surface area (Å²) in [6.45, 7) is 9.15. The second-order valence-electron chi connectivity index (χ2n) is 6.29. The lowest BCUT2D eigenvalue weighted by Gasteiger charge is -2.26. The maximum atomic E-state index is 6.17. The summed E-state index contributed by atoms with van der Waals surface area (Å²) in [6, 6.07) is 0. The van der Waals surface area contributed by atoms with Gasteiger partial charge in [-0.1, -0.05) is 26.7 Å². The van der Waals surface area contributed by atoms with Crippen LogP contribution in [0.1, 0.15) is 58.8 Å². The van der Waals surface area contributed by atoms with Crippen molar-refractivity contribution >= 4 is 0 Å². The van der Waals surface area contributed by atoms with Crippen molar-refractivity contribution in [1.82, 2.24) is 0 Å². The van der Waals surface area contributed by atoms with E-state index in [1.54, 1.807) is 4.90 Å². The molecular formula is C16H32NO2+. The van der Waals surface area contributed by atoms with E-state index in [0.29, 0.717) is 12.0 Å². The minimum absolute atomic E-state index is 0.0748. The molecule has 3 heteroatoms. The van der Waals surface area contributed by atoms with E-state index in [0.717, 1.165) is 13.2 Å². The van der Waals surface area contributed by atoms with Crippen LogP contribution in [0.25, 0.3) is 0 Å². The Bertz CT molecular complexity index is 241. The lowest BCUT2D eigenvalue weighted by molar-refractivity contribution is -0.907. The summed E-state index contributed by atoms with van der Waals surface area (Å²) in [7, 11) is 0. The summed E-state index contributed by atoms with van der Waals surface area (Å²) >= 11 is 0. The largest absolute Gasteiger partial charge is 0.349 e. The van der Waals surface area contributed by atoms with Gasteiger partial charge in [-0.2, -0.15) is 0 Å². The normalized spacial score (nSPS) is 30.6. The zero-order valence-corrected chi connectivity index (χ0v) is 12.8. The molecule has 19 heavy (non-hydrogen) atoms. The SMILES string of the molecule is CCCC[C@@H](CC)[C@H]1OC[C@H](C[NH+]2CCCCC2)O1. The van der Waals surface area contributed by atoms with E-state index in [1.807, 2.05) is 0 Å². The molecule has 0 aromatic rings. The van der Waals surface area contributed by atoms with E-state index in [9.17, 15) is 0 Å². The lowest BCUT2D eigenvalue weighted by Crippen LogP contribution is -3.13. The molecule has 2 rings (SSSR count). The molecule has 0 amide bonds. The van der Waals surface area contributed by atoms with Crippen molar-refractivity contribution in [3.05, 3.63) is 0 Å². The Morgan fingerprint density at radius 2 is 1.95 bits per heavy atom. The minimum Gasteiger partial charge on any atom is -0.349 e. The molecule has 2 saturated heterocycles. The molecule has 2 aliphatic rings. The Morgan fingerprint density at radius 1 is 1.16 bits per heavy atom. The maximum absolute atomic E-state index is 6.17. The zero-order valence-electron chi connectivity index (χ0n) is 12.8. The molecule has 3 atom stereocenters. The van der Waals surface area contributed by atoms with Crippen molar-refractivity contribution in [2.45, 2.75) is 71.2 Å². The van der Waals surface area contributed by atoms with E-state index in [1.165, 1.54) is 58.0 Å². The first-order valence-corrected chi connectivity index (χ1v) is 8.44. The molecule has 0 saturated carbocycles. The summed E-state index contributed by atoms with van der Waals surface area (Å²) in [4.78, 5) is 1.72. The van der Waals surface area contributed by atoms with Crippen LogP contribution in [0.4, 0.5) is 0 Å². The molecule has 0 bridgehead atoms. The van der Waals surface area contributed by atoms with Crippen molar-refractivity contribution in [3.8, 4) is 0 Å². The highest BCUT2D eigenvalue weighted by atomic mass is 16.7. The number of ether oxygens (including phenoxy) is 2. The van der Waals surface area contributed by atoms with Gasteiger partial charge in [0.05, 0.1) is 19.7 Å². The number of unbranched alkanes of at least 4 members (excludes halogenated alkanes) is 1. The van der Waals surface area contributed by atoms with E-state index >= 15 is 0 Å². The molecule has 0 aliphatic carbocycles. The highest BCUT2D eigenvalue weighted by Gasteiger charge is 2.33. The van der Waals surface area contributed by atoms with Gasteiger partial charge in [0.25, 0.3) is 0 Å². The third kappa shape index (κ3) is 4.73. The number of piperidine rings is 1. The third-order valence-electron chi connectivity index (χ3n) is 4.69. The fourth-order valence-electron chi connectivity index (χ4n) is 3.40. The number of hydrogen-bond donors (Lipinski definition) is 1. The van der Waals surface area contributed by atoms with Crippen molar-refractivity contribution < 1.29 is 14.4 Å². The van der Waals surface area contributed by atoms with Crippen LogP contribution in [0, 0.1) is 5.92 Å². The number of quaternary nitrogens is 1. The number of likely N-dealkylation sites (tertiary alicyclic amines) is 1. The van der Waals surface area contributed by atoms with Gasteiger partial charge < -0.3 is 14.4 Å². The Labute approximate surface area is 118 Å². The standard InChI is InChI=1S/C16H31NO2/c1-3-5-9-14(4-2)16-18-13-15(19-16)12-17-10-7-6-8-11-17/h14-16H,3-13H2,1-2H3/p+1/t14-,15+,16+/m1/s1. The first kappa shape index (κ1) is 15.3. The topological polar surface area (TPSA) is 22.9 Å². The second-order valence-corrected chi connectivity index (χ2v) is 6.29. The molecule has 2 heterocycles. The number of hydrogen-bond acceptors (Lipinski definition) is 2. The lowest BCUT2D eigenvalue weighted by atomic mass is 9.99. The second kappa shape index (κ2) is 8.23.